The van der Waals surface area contributed by atoms with E-state index in [1.165, 1.54) is 5.56 Å². The molecule has 0 unspecified atom stereocenters. The topological polar surface area (TPSA) is 26.3 Å². The number of hydrogen-bond acceptors (Lipinski definition) is 2. The number of rotatable bonds is 3. The molecule has 0 atom stereocenters. The van der Waals surface area contributed by atoms with Gasteiger partial charge in [0.15, 0.2) is 0 Å². The molecule has 2 aromatic carbocycles. The Balaban J connectivity index is 2.24. The zero-order valence-electron chi connectivity index (χ0n) is 11.5. The van der Waals surface area contributed by atoms with E-state index < -0.39 is 0 Å². The lowest BCUT2D eigenvalue weighted by atomic mass is 10.0. The Morgan fingerprint density at radius 1 is 1.05 bits per heavy atom. The lowest BCUT2D eigenvalue weighted by molar-refractivity contribution is 0.0733. The molecule has 0 aliphatic rings. The molecule has 0 aliphatic heterocycles. The van der Waals surface area contributed by atoms with Gasteiger partial charge in [-0.2, -0.15) is 0 Å². The first-order valence-corrected chi connectivity index (χ1v) is 6.45. The van der Waals surface area contributed by atoms with Crippen LogP contribution in [0.25, 0.3) is 0 Å². The van der Waals surface area contributed by atoms with Crippen LogP contribution in [0.1, 0.15) is 41.3 Å². The highest BCUT2D eigenvalue weighted by Crippen LogP contribution is 2.25. The molecule has 2 heteroatoms. The minimum atomic E-state index is -0.315. The van der Waals surface area contributed by atoms with Crippen molar-refractivity contribution >= 4 is 5.97 Å². The first kappa shape index (κ1) is 13.3. The zero-order chi connectivity index (χ0) is 13.8. The third-order valence-electron chi connectivity index (χ3n) is 3.09. The van der Waals surface area contributed by atoms with Gasteiger partial charge < -0.3 is 4.74 Å². The third kappa shape index (κ3) is 3.22. The van der Waals surface area contributed by atoms with Crippen LogP contribution in [0.4, 0.5) is 0 Å². The Morgan fingerprint density at radius 2 is 1.74 bits per heavy atom. The van der Waals surface area contributed by atoms with Gasteiger partial charge in [0.25, 0.3) is 0 Å². The summed E-state index contributed by atoms with van der Waals surface area (Å²) >= 11 is 0. The molecule has 0 saturated carbocycles. The van der Waals surface area contributed by atoms with E-state index in [9.17, 15) is 4.79 Å². The first-order chi connectivity index (χ1) is 9.08. The highest BCUT2D eigenvalue weighted by atomic mass is 16.5. The number of carbonyl (C=O) groups excluding carboxylic acids is 1. The van der Waals surface area contributed by atoms with E-state index in [1.54, 1.807) is 12.1 Å². The predicted molar refractivity (Wildman–Crippen MR) is 76.7 cm³/mol. The van der Waals surface area contributed by atoms with Gasteiger partial charge in [-0.05, 0) is 42.2 Å². The van der Waals surface area contributed by atoms with Crippen molar-refractivity contribution in [2.45, 2.75) is 26.7 Å². The Kier molecular flexibility index (Phi) is 4.00. The van der Waals surface area contributed by atoms with E-state index in [4.69, 9.17) is 4.74 Å². The summed E-state index contributed by atoms with van der Waals surface area (Å²) in [6.45, 7) is 6.18. The smallest absolute Gasteiger partial charge is 0.343 e. The summed E-state index contributed by atoms with van der Waals surface area (Å²) in [6.07, 6.45) is 0. The number of benzene rings is 2. The summed E-state index contributed by atoms with van der Waals surface area (Å²) in [5.74, 6) is 0.736. The summed E-state index contributed by atoms with van der Waals surface area (Å²) in [5, 5.41) is 0. The quantitative estimate of drug-likeness (QED) is 0.601. The first-order valence-electron chi connectivity index (χ1n) is 6.45. The van der Waals surface area contributed by atoms with Crippen LogP contribution in [0.2, 0.25) is 0 Å². The highest BCUT2D eigenvalue weighted by molar-refractivity contribution is 5.91. The maximum atomic E-state index is 12.0. The molecule has 0 spiro atoms. The second-order valence-electron chi connectivity index (χ2n) is 4.94. The maximum absolute atomic E-state index is 12.0. The van der Waals surface area contributed by atoms with Crippen LogP contribution in [0.15, 0.2) is 48.5 Å². The van der Waals surface area contributed by atoms with Crippen LogP contribution in [0.3, 0.4) is 0 Å². The molecule has 98 valence electrons. The van der Waals surface area contributed by atoms with Gasteiger partial charge in [-0.15, -0.1) is 0 Å². The van der Waals surface area contributed by atoms with Gasteiger partial charge in [-0.1, -0.05) is 44.2 Å². The average Bonchev–Trinajstić information content (AvgIpc) is 2.42. The Labute approximate surface area is 114 Å². The molecule has 2 aromatic rings. The van der Waals surface area contributed by atoms with Gasteiger partial charge in [-0.3, -0.25) is 0 Å². The lowest BCUT2D eigenvalue weighted by Gasteiger charge is -2.11. The number of ether oxygens (including phenoxy) is 1. The fourth-order valence-electron chi connectivity index (χ4n) is 1.82. The van der Waals surface area contributed by atoms with E-state index >= 15 is 0 Å². The number of aryl methyl sites for hydroxylation is 1. The van der Waals surface area contributed by atoms with Crippen LogP contribution in [0.5, 0.6) is 5.75 Å². The summed E-state index contributed by atoms with van der Waals surface area (Å²) in [5.41, 5.74) is 2.70. The molecule has 19 heavy (non-hydrogen) atoms. The number of esters is 1. The van der Waals surface area contributed by atoms with E-state index in [-0.39, 0.29) is 5.97 Å². The fraction of sp³-hybridized carbons (Fsp3) is 0.235. The van der Waals surface area contributed by atoms with Crippen molar-refractivity contribution in [1.29, 1.82) is 0 Å². The molecule has 0 bridgehead atoms. The SMILES string of the molecule is Cc1ccc(C(C)C)cc1OC(=O)c1ccccc1. The molecule has 0 aromatic heterocycles. The molecule has 2 nitrogen and oxygen atoms in total. The van der Waals surface area contributed by atoms with Crippen LogP contribution in [-0.2, 0) is 0 Å². The maximum Gasteiger partial charge on any atom is 0.343 e. The predicted octanol–water partition coefficient (Wildman–Crippen LogP) is 4.34. The molecular weight excluding hydrogens is 236 g/mol. The standard InChI is InChI=1S/C17H18O2/c1-12(2)15-10-9-13(3)16(11-15)19-17(18)14-7-5-4-6-8-14/h4-12H,1-3H3. The molecule has 0 amide bonds. The van der Waals surface area contributed by atoms with Crippen molar-refractivity contribution in [2.24, 2.45) is 0 Å². The van der Waals surface area contributed by atoms with Crippen molar-refractivity contribution in [3.8, 4) is 5.75 Å². The van der Waals surface area contributed by atoms with E-state index in [0.29, 0.717) is 17.2 Å². The van der Waals surface area contributed by atoms with Gasteiger partial charge >= 0.3 is 5.97 Å². The molecule has 0 saturated heterocycles. The Hall–Kier alpha value is -2.09. The highest BCUT2D eigenvalue weighted by Gasteiger charge is 2.11. The summed E-state index contributed by atoms with van der Waals surface area (Å²) in [4.78, 5) is 12.0. The summed E-state index contributed by atoms with van der Waals surface area (Å²) in [6, 6.07) is 15.0. The van der Waals surface area contributed by atoms with Gasteiger partial charge in [0.05, 0.1) is 5.56 Å². The number of carbonyl (C=O) groups is 1. The fourth-order valence-corrected chi connectivity index (χ4v) is 1.82. The van der Waals surface area contributed by atoms with Crippen LogP contribution < -0.4 is 4.74 Å². The molecule has 0 radical (unpaired) electrons. The molecule has 2 rings (SSSR count). The molecule has 0 aliphatic carbocycles. The minimum absolute atomic E-state index is 0.315. The van der Waals surface area contributed by atoms with Crippen molar-refractivity contribution in [2.75, 3.05) is 0 Å². The zero-order valence-corrected chi connectivity index (χ0v) is 11.5. The van der Waals surface area contributed by atoms with Crippen molar-refractivity contribution in [1.82, 2.24) is 0 Å². The molecular formula is C17H18O2. The second kappa shape index (κ2) is 5.70. The molecule has 0 N–H and O–H groups in total. The van der Waals surface area contributed by atoms with Gasteiger partial charge in [0.1, 0.15) is 5.75 Å². The van der Waals surface area contributed by atoms with Gasteiger partial charge in [0, 0.05) is 0 Å². The third-order valence-corrected chi connectivity index (χ3v) is 3.09. The minimum Gasteiger partial charge on any atom is -0.423 e. The van der Waals surface area contributed by atoms with Crippen molar-refractivity contribution in [3.05, 3.63) is 65.2 Å². The van der Waals surface area contributed by atoms with Gasteiger partial charge in [0.2, 0.25) is 0 Å². The second-order valence-corrected chi connectivity index (χ2v) is 4.94. The average molecular weight is 254 g/mol. The van der Waals surface area contributed by atoms with E-state index in [0.717, 1.165) is 5.56 Å². The van der Waals surface area contributed by atoms with Crippen molar-refractivity contribution < 1.29 is 9.53 Å². The summed E-state index contributed by atoms with van der Waals surface area (Å²) < 4.78 is 5.48. The van der Waals surface area contributed by atoms with E-state index in [1.807, 2.05) is 37.3 Å². The Bertz CT molecular complexity index is 571. The Morgan fingerprint density at radius 3 is 2.37 bits per heavy atom. The lowest BCUT2D eigenvalue weighted by Crippen LogP contribution is -2.09. The van der Waals surface area contributed by atoms with Crippen LogP contribution >= 0.6 is 0 Å². The van der Waals surface area contributed by atoms with E-state index in [2.05, 4.69) is 19.9 Å². The van der Waals surface area contributed by atoms with Crippen molar-refractivity contribution in [3.63, 3.8) is 0 Å². The molecule has 0 fully saturated rings. The number of hydrogen-bond donors (Lipinski definition) is 0. The normalized spacial score (nSPS) is 10.5. The molecule has 0 heterocycles. The van der Waals surface area contributed by atoms with Gasteiger partial charge in [-0.25, -0.2) is 4.79 Å². The summed E-state index contributed by atoms with van der Waals surface area (Å²) in [7, 11) is 0. The largest absolute Gasteiger partial charge is 0.423 e. The monoisotopic (exact) mass is 254 g/mol. The van der Waals surface area contributed by atoms with Crippen LogP contribution in [-0.4, -0.2) is 5.97 Å². The van der Waals surface area contributed by atoms with Crippen LogP contribution in [0, 0.1) is 6.92 Å².